The first kappa shape index (κ1) is 14.5. The van der Waals surface area contributed by atoms with Gasteiger partial charge in [-0.25, -0.2) is 0 Å². The van der Waals surface area contributed by atoms with Gasteiger partial charge in [0, 0.05) is 11.5 Å². The minimum Gasteiger partial charge on any atom is -0.351 e. The van der Waals surface area contributed by atoms with Crippen molar-refractivity contribution in [2.75, 3.05) is 0 Å². The Morgan fingerprint density at radius 3 is 1.87 bits per heavy atom. The van der Waals surface area contributed by atoms with E-state index in [4.69, 9.17) is 0 Å². The van der Waals surface area contributed by atoms with E-state index >= 15 is 0 Å². The van der Waals surface area contributed by atoms with Crippen LogP contribution in [0.1, 0.15) is 54.9 Å². The van der Waals surface area contributed by atoms with Crippen molar-refractivity contribution in [3.8, 4) is 0 Å². The van der Waals surface area contributed by atoms with Gasteiger partial charge >= 0.3 is 0 Å². The van der Waals surface area contributed by atoms with Crippen LogP contribution in [-0.2, 0) is 4.79 Å². The highest BCUT2D eigenvalue weighted by molar-refractivity contribution is 5.79. The Labute approximate surface area is 94.8 Å². The standard InChI is InChI=1S/C13H27NO/c1-9(2)8-11(10(3)4)12(15)14-13(5,6)7/h9-11H,8H2,1-7H3,(H,14,15). The zero-order valence-electron chi connectivity index (χ0n) is 11.3. The lowest BCUT2D eigenvalue weighted by atomic mass is 9.86. The molecule has 0 fully saturated rings. The van der Waals surface area contributed by atoms with Gasteiger partial charge in [-0.05, 0) is 39.0 Å². The zero-order chi connectivity index (χ0) is 12.2. The third kappa shape index (κ3) is 6.53. The highest BCUT2D eigenvalue weighted by atomic mass is 16.2. The van der Waals surface area contributed by atoms with Gasteiger partial charge in [0.05, 0.1) is 0 Å². The van der Waals surface area contributed by atoms with Gasteiger partial charge in [-0.15, -0.1) is 0 Å². The van der Waals surface area contributed by atoms with Crippen molar-refractivity contribution in [3.63, 3.8) is 0 Å². The van der Waals surface area contributed by atoms with Crippen LogP contribution in [0.2, 0.25) is 0 Å². The molecule has 1 amide bonds. The molecular weight excluding hydrogens is 186 g/mol. The van der Waals surface area contributed by atoms with E-state index in [1.54, 1.807) is 0 Å². The van der Waals surface area contributed by atoms with Crippen molar-refractivity contribution < 1.29 is 4.79 Å². The van der Waals surface area contributed by atoms with Gasteiger partial charge in [0.15, 0.2) is 0 Å². The van der Waals surface area contributed by atoms with Gasteiger partial charge in [-0.2, -0.15) is 0 Å². The second-order valence-electron chi connectivity index (χ2n) is 6.22. The number of nitrogens with one attached hydrogen (secondary N) is 1. The van der Waals surface area contributed by atoms with E-state index in [0.29, 0.717) is 11.8 Å². The molecule has 1 N–H and O–H groups in total. The highest BCUT2D eigenvalue weighted by Gasteiger charge is 2.25. The Hall–Kier alpha value is -0.530. The highest BCUT2D eigenvalue weighted by Crippen LogP contribution is 2.21. The lowest BCUT2D eigenvalue weighted by Crippen LogP contribution is -2.45. The first-order chi connectivity index (χ1) is 6.63. The van der Waals surface area contributed by atoms with E-state index in [-0.39, 0.29) is 17.4 Å². The summed E-state index contributed by atoms with van der Waals surface area (Å²) in [7, 11) is 0. The maximum Gasteiger partial charge on any atom is 0.223 e. The molecule has 90 valence electrons. The number of amides is 1. The Kier molecular flexibility index (Phi) is 5.33. The average molecular weight is 213 g/mol. The van der Waals surface area contributed by atoms with Gasteiger partial charge in [-0.1, -0.05) is 27.7 Å². The second kappa shape index (κ2) is 5.53. The molecule has 0 aromatic rings. The van der Waals surface area contributed by atoms with Crippen LogP contribution in [0.3, 0.4) is 0 Å². The molecule has 0 bridgehead atoms. The van der Waals surface area contributed by atoms with E-state index in [0.717, 1.165) is 6.42 Å². The monoisotopic (exact) mass is 213 g/mol. The van der Waals surface area contributed by atoms with Crippen molar-refractivity contribution in [1.29, 1.82) is 0 Å². The van der Waals surface area contributed by atoms with Gasteiger partial charge in [0.2, 0.25) is 5.91 Å². The maximum atomic E-state index is 12.0. The fourth-order valence-corrected chi connectivity index (χ4v) is 1.65. The first-order valence-corrected chi connectivity index (χ1v) is 5.95. The molecule has 0 aliphatic heterocycles. The van der Waals surface area contributed by atoms with Crippen molar-refractivity contribution in [2.24, 2.45) is 17.8 Å². The molecule has 2 nitrogen and oxygen atoms in total. The van der Waals surface area contributed by atoms with E-state index in [2.05, 4.69) is 33.0 Å². The molecule has 0 heterocycles. The summed E-state index contributed by atoms with van der Waals surface area (Å²) in [5, 5.41) is 3.07. The molecule has 2 heteroatoms. The minimum absolute atomic E-state index is 0.124. The summed E-state index contributed by atoms with van der Waals surface area (Å²) in [6, 6.07) is 0. The predicted octanol–water partition coefficient (Wildman–Crippen LogP) is 3.22. The molecule has 15 heavy (non-hydrogen) atoms. The van der Waals surface area contributed by atoms with E-state index < -0.39 is 0 Å². The van der Waals surface area contributed by atoms with Crippen LogP contribution in [0.4, 0.5) is 0 Å². The van der Waals surface area contributed by atoms with Crippen LogP contribution in [0.25, 0.3) is 0 Å². The predicted molar refractivity (Wildman–Crippen MR) is 65.7 cm³/mol. The smallest absolute Gasteiger partial charge is 0.223 e. The minimum atomic E-state index is -0.124. The fraction of sp³-hybridized carbons (Fsp3) is 0.923. The van der Waals surface area contributed by atoms with Crippen molar-refractivity contribution in [2.45, 2.75) is 60.4 Å². The van der Waals surface area contributed by atoms with Crippen LogP contribution in [0.5, 0.6) is 0 Å². The van der Waals surface area contributed by atoms with Crippen LogP contribution in [0.15, 0.2) is 0 Å². The Bertz CT molecular complexity index is 201. The summed E-state index contributed by atoms with van der Waals surface area (Å²) < 4.78 is 0. The molecule has 0 radical (unpaired) electrons. The fourth-order valence-electron chi connectivity index (χ4n) is 1.65. The molecule has 1 unspecified atom stereocenters. The Morgan fingerprint density at radius 1 is 1.13 bits per heavy atom. The quantitative estimate of drug-likeness (QED) is 0.763. The van der Waals surface area contributed by atoms with Crippen LogP contribution < -0.4 is 5.32 Å². The van der Waals surface area contributed by atoms with Crippen molar-refractivity contribution in [3.05, 3.63) is 0 Å². The van der Waals surface area contributed by atoms with Crippen LogP contribution >= 0.6 is 0 Å². The van der Waals surface area contributed by atoms with Gasteiger partial charge in [-0.3, -0.25) is 4.79 Å². The molecule has 1 atom stereocenters. The summed E-state index contributed by atoms with van der Waals surface area (Å²) in [6.45, 7) is 14.6. The molecule has 0 saturated carbocycles. The molecule has 0 saturated heterocycles. The lowest BCUT2D eigenvalue weighted by molar-refractivity contribution is -0.128. The van der Waals surface area contributed by atoms with Crippen molar-refractivity contribution in [1.82, 2.24) is 5.32 Å². The van der Waals surface area contributed by atoms with Gasteiger partial charge < -0.3 is 5.32 Å². The summed E-state index contributed by atoms with van der Waals surface area (Å²) in [4.78, 5) is 12.0. The molecule has 0 aromatic carbocycles. The number of hydrogen-bond donors (Lipinski definition) is 1. The average Bonchev–Trinajstić information content (AvgIpc) is 1.95. The van der Waals surface area contributed by atoms with E-state index in [1.165, 1.54) is 0 Å². The summed E-state index contributed by atoms with van der Waals surface area (Å²) in [5.41, 5.74) is -0.124. The van der Waals surface area contributed by atoms with Crippen LogP contribution in [-0.4, -0.2) is 11.4 Å². The molecule has 0 spiro atoms. The van der Waals surface area contributed by atoms with Crippen LogP contribution in [0, 0.1) is 17.8 Å². The number of hydrogen-bond acceptors (Lipinski definition) is 1. The normalized spacial score (nSPS) is 14.5. The Balaban J connectivity index is 4.43. The van der Waals surface area contributed by atoms with E-state index in [1.807, 2.05) is 20.8 Å². The number of rotatable bonds is 4. The third-order valence-corrected chi connectivity index (χ3v) is 2.37. The molecule has 0 aromatic heterocycles. The van der Waals surface area contributed by atoms with Gasteiger partial charge in [0.1, 0.15) is 0 Å². The lowest BCUT2D eigenvalue weighted by Gasteiger charge is -2.27. The zero-order valence-corrected chi connectivity index (χ0v) is 11.3. The molecular formula is C13H27NO. The van der Waals surface area contributed by atoms with E-state index in [9.17, 15) is 4.79 Å². The molecule has 0 aliphatic rings. The largest absolute Gasteiger partial charge is 0.351 e. The van der Waals surface area contributed by atoms with Gasteiger partial charge in [0.25, 0.3) is 0 Å². The summed E-state index contributed by atoms with van der Waals surface area (Å²) >= 11 is 0. The Morgan fingerprint density at radius 2 is 1.60 bits per heavy atom. The first-order valence-electron chi connectivity index (χ1n) is 5.95. The summed E-state index contributed by atoms with van der Waals surface area (Å²) in [6.07, 6.45) is 0.972. The SMILES string of the molecule is CC(C)CC(C(=O)NC(C)(C)C)C(C)C. The topological polar surface area (TPSA) is 29.1 Å². The van der Waals surface area contributed by atoms with Crippen molar-refractivity contribution >= 4 is 5.91 Å². The number of carbonyl (C=O) groups excluding carboxylic acids is 1. The summed E-state index contributed by atoms with van der Waals surface area (Å²) in [5.74, 6) is 1.33. The third-order valence-electron chi connectivity index (χ3n) is 2.37. The second-order valence-corrected chi connectivity index (χ2v) is 6.22. The molecule has 0 aliphatic carbocycles. The molecule has 0 rings (SSSR count). The number of carbonyl (C=O) groups is 1. The maximum absolute atomic E-state index is 12.0.